The molecule has 0 aromatic heterocycles. The van der Waals surface area contributed by atoms with Crippen LogP contribution in [0.1, 0.15) is 49.4 Å². The number of Topliss-reactive ketones (excluding diaryl/α,β-unsaturated/α-hetero) is 1. The Morgan fingerprint density at radius 2 is 2.00 bits per heavy atom. The predicted octanol–water partition coefficient (Wildman–Crippen LogP) is 4.32. The molecule has 0 bridgehead atoms. The first-order valence-electron chi connectivity index (χ1n) is 6.57. The molecule has 18 heavy (non-hydrogen) atoms. The van der Waals surface area contributed by atoms with Crippen LogP contribution >= 0.6 is 11.8 Å². The first-order chi connectivity index (χ1) is 8.72. The smallest absolute Gasteiger partial charge is 0.164 e. The van der Waals surface area contributed by atoms with E-state index in [4.69, 9.17) is 4.74 Å². The van der Waals surface area contributed by atoms with Crippen LogP contribution in [0.3, 0.4) is 0 Å². The van der Waals surface area contributed by atoms with Crippen molar-refractivity contribution in [3.63, 3.8) is 0 Å². The fourth-order valence-electron chi connectivity index (χ4n) is 2.49. The van der Waals surface area contributed by atoms with Crippen LogP contribution in [0.2, 0.25) is 0 Å². The van der Waals surface area contributed by atoms with E-state index < -0.39 is 0 Å². The molecule has 0 heterocycles. The molecule has 0 aliphatic heterocycles. The maximum Gasteiger partial charge on any atom is 0.164 e. The van der Waals surface area contributed by atoms with Crippen molar-refractivity contribution in [2.75, 3.05) is 7.11 Å². The second kappa shape index (κ2) is 6.28. The number of carbonyl (C=O) groups excluding carboxylic acids is 1. The molecule has 0 N–H and O–H groups in total. The van der Waals surface area contributed by atoms with E-state index in [0.29, 0.717) is 11.0 Å². The highest BCUT2D eigenvalue weighted by Crippen LogP contribution is 2.38. The Bertz CT molecular complexity index is 423. The van der Waals surface area contributed by atoms with Crippen molar-refractivity contribution in [1.82, 2.24) is 0 Å². The number of ketones is 1. The summed E-state index contributed by atoms with van der Waals surface area (Å²) in [4.78, 5) is 12.9. The van der Waals surface area contributed by atoms with Crippen molar-refractivity contribution in [2.24, 2.45) is 0 Å². The van der Waals surface area contributed by atoms with Gasteiger partial charge in [0.2, 0.25) is 0 Å². The second-order valence-electron chi connectivity index (χ2n) is 4.77. The molecule has 0 radical (unpaired) electrons. The standard InChI is InChI=1S/C15H20O2S/c1-11(16)15-13(17-2)9-6-10-14(15)18-12-7-4-3-5-8-12/h6,9-10,12H,3-5,7-8H2,1-2H3. The Labute approximate surface area is 113 Å². The van der Waals surface area contributed by atoms with Crippen LogP contribution < -0.4 is 4.74 Å². The van der Waals surface area contributed by atoms with Gasteiger partial charge in [-0.05, 0) is 31.9 Å². The van der Waals surface area contributed by atoms with Crippen LogP contribution in [0.5, 0.6) is 5.75 Å². The van der Waals surface area contributed by atoms with Gasteiger partial charge >= 0.3 is 0 Å². The fourth-order valence-corrected chi connectivity index (χ4v) is 3.94. The molecule has 0 saturated heterocycles. The molecule has 1 aliphatic carbocycles. The third-order valence-electron chi connectivity index (χ3n) is 3.41. The highest BCUT2D eigenvalue weighted by Gasteiger charge is 2.19. The Balaban J connectivity index is 2.23. The molecule has 1 saturated carbocycles. The molecule has 1 aromatic rings. The summed E-state index contributed by atoms with van der Waals surface area (Å²) in [6.07, 6.45) is 6.52. The molecule has 98 valence electrons. The van der Waals surface area contributed by atoms with Gasteiger partial charge in [-0.15, -0.1) is 11.8 Å². The quantitative estimate of drug-likeness (QED) is 0.757. The molecule has 0 spiro atoms. The average Bonchev–Trinajstić information content (AvgIpc) is 2.39. The molecule has 1 aromatic carbocycles. The minimum atomic E-state index is 0.0887. The van der Waals surface area contributed by atoms with Crippen LogP contribution in [-0.4, -0.2) is 18.1 Å². The van der Waals surface area contributed by atoms with Gasteiger partial charge in [-0.1, -0.05) is 25.3 Å². The highest BCUT2D eigenvalue weighted by molar-refractivity contribution is 8.00. The summed E-state index contributed by atoms with van der Waals surface area (Å²) >= 11 is 1.85. The number of ether oxygens (including phenoxy) is 1. The van der Waals surface area contributed by atoms with Gasteiger partial charge in [-0.3, -0.25) is 4.79 Å². The first-order valence-corrected chi connectivity index (χ1v) is 7.45. The van der Waals surface area contributed by atoms with Crippen LogP contribution in [0.15, 0.2) is 23.1 Å². The SMILES string of the molecule is COc1cccc(SC2CCCCC2)c1C(C)=O. The lowest BCUT2D eigenvalue weighted by Gasteiger charge is -2.22. The summed E-state index contributed by atoms with van der Waals surface area (Å²) in [7, 11) is 1.62. The van der Waals surface area contributed by atoms with Gasteiger partial charge in [0.1, 0.15) is 5.75 Å². The van der Waals surface area contributed by atoms with E-state index in [9.17, 15) is 4.79 Å². The van der Waals surface area contributed by atoms with Gasteiger partial charge < -0.3 is 4.74 Å². The predicted molar refractivity (Wildman–Crippen MR) is 75.7 cm³/mol. The Morgan fingerprint density at radius 1 is 1.28 bits per heavy atom. The fraction of sp³-hybridized carbons (Fsp3) is 0.533. The van der Waals surface area contributed by atoms with Crippen molar-refractivity contribution < 1.29 is 9.53 Å². The van der Waals surface area contributed by atoms with E-state index in [0.717, 1.165) is 10.5 Å². The molecule has 0 amide bonds. The number of methoxy groups -OCH3 is 1. The molecule has 2 rings (SSSR count). The molecule has 2 nitrogen and oxygen atoms in total. The molecule has 0 atom stereocenters. The minimum absolute atomic E-state index is 0.0887. The number of benzene rings is 1. The number of hydrogen-bond acceptors (Lipinski definition) is 3. The van der Waals surface area contributed by atoms with E-state index in [1.165, 1.54) is 32.1 Å². The van der Waals surface area contributed by atoms with Gasteiger partial charge in [0.15, 0.2) is 5.78 Å². The zero-order valence-electron chi connectivity index (χ0n) is 11.1. The maximum atomic E-state index is 11.8. The third-order valence-corrected chi connectivity index (χ3v) is 4.80. The molecule has 0 unspecified atom stereocenters. The van der Waals surface area contributed by atoms with Crippen molar-refractivity contribution in [1.29, 1.82) is 0 Å². The van der Waals surface area contributed by atoms with E-state index in [1.807, 2.05) is 30.0 Å². The van der Waals surface area contributed by atoms with E-state index in [2.05, 4.69) is 0 Å². The normalized spacial score (nSPS) is 16.6. The van der Waals surface area contributed by atoms with Crippen LogP contribution in [0.25, 0.3) is 0 Å². The Hall–Kier alpha value is -0.960. The molecule has 1 fully saturated rings. The number of hydrogen-bond donors (Lipinski definition) is 0. The largest absolute Gasteiger partial charge is 0.496 e. The zero-order valence-corrected chi connectivity index (χ0v) is 11.9. The van der Waals surface area contributed by atoms with E-state index in [1.54, 1.807) is 14.0 Å². The van der Waals surface area contributed by atoms with Gasteiger partial charge in [0.25, 0.3) is 0 Å². The third kappa shape index (κ3) is 3.08. The summed E-state index contributed by atoms with van der Waals surface area (Å²) < 4.78 is 5.30. The number of rotatable bonds is 4. The zero-order chi connectivity index (χ0) is 13.0. The summed E-state index contributed by atoms with van der Waals surface area (Å²) in [5.74, 6) is 0.786. The second-order valence-corrected chi connectivity index (χ2v) is 6.11. The molecule has 3 heteroatoms. The minimum Gasteiger partial charge on any atom is -0.496 e. The van der Waals surface area contributed by atoms with Crippen molar-refractivity contribution in [3.8, 4) is 5.75 Å². The molecular weight excluding hydrogens is 244 g/mol. The molecular formula is C15H20O2S. The van der Waals surface area contributed by atoms with Crippen molar-refractivity contribution in [2.45, 2.75) is 49.2 Å². The van der Waals surface area contributed by atoms with Gasteiger partial charge in [-0.25, -0.2) is 0 Å². The van der Waals surface area contributed by atoms with E-state index >= 15 is 0 Å². The first kappa shape index (κ1) is 13.5. The lowest BCUT2D eigenvalue weighted by molar-refractivity contribution is 0.101. The van der Waals surface area contributed by atoms with Crippen LogP contribution in [-0.2, 0) is 0 Å². The summed E-state index contributed by atoms with van der Waals surface area (Å²) in [5.41, 5.74) is 0.746. The Morgan fingerprint density at radius 3 is 2.61 bits per heavy atom. The van der Waals surface area contributed by atoms with Crippen LogP contribution in [0.4, 0.5) is 0 Å². The summed E-state index contributed by atoms with van der Waals surface area (Å²) in [6, 6.07) is 5.87. The monoisotopic (exact) mass is 264 g/mol. The van der Waals surface area contributed by atoms with Crippen LogP contribution in [0, 0.1) is 0 Å². The van der Waals surface area contributed by atoms with Gasteiger partial charge in [0, 0.05) is 10.1 Å². The number of carbonyl (C=O) groups is 1. The van der Waals surface area contributed by atoms with Crippen molar-refractivity contribution >= 4 is 17.5 Å². The average molecular weight is 264 g/mol. The lowest BCUT2D eigenvalue weighted by Crippen LogP contribution is -2.09. The molecule has 1 aliphatic rings. The van der Waals surface area contributed by atoms with Gasteiger partial charge in [0.05, 0.1) is 12.7 Å². The summed E-state index contributed by atoms with van der Waals surface area (Å²) in [6.45, 7) is 1.61. The van der Waals surface area contributed by atoms with Crippen molar-refractivity contribution in [3.05, 3.63) is 23.8 Å². The lowest BCUT2D eigenvalue weighted by atomic mass is 10.0. The summed E-state index contributed by atoms with van der Waals surface area (Å²) in [5, 5.41) is 0.656. The number of thioether (sulfide) groups is 1. The Kier molecular flexibility index (Phi) is 4.70. The maximum absolute atomic E-state index is 11.8. The van der Waals surface area contributed by atoms with E-state index in [-0.39, 0.29) is 5.78 Å². The highest BCUT2D eigenvalue weighted by atomic mass is 32.2. The van der Waals surface area contributed by atoms with Gasteiger partial charge in [-0.2, -0.15) is 0 Å². The topological polar surface area (TPSA) is 26.3 Å².